The molecular formula is C19H19N3O3. The molecule has 2 N–H and O–H groups in total. The minimum atomic E-state index is -0.367. The zero-order valence-corrected chi connectivity index (χ0v) is 13.9. The highest BCUT2D eigenvalue weighted by Crippen LogP contribution is 2.11. The molecule has 6 heteroatoms. The molecular weight excluding hydrogens is 318 g/mol. The molecule has 0 aromatic heterocycles. The molecule has 128 valence electrons. The standard InChI is InChI=1S/C19H19N3O3/c1-14(16-5-3-2-4-6-16)21-18(23)12-25-13-19(24)22-17-9-7-15(11-20)8-10-17/h2-10,14H,12-13H2,1H3,(H,21,23)(H,22,24)/t14-/m0/s1. The van der Waals surface area contributed by atoms with Crippen LogP contribution in [-0.4, -0.2) is 25.0 Å². The lowest BCUT2D eigenvalue weighted by atomic mass is 10.1. The van der Waals surface area contributed by atoms with Crippen molar-refractivity contribution in [1.29, 1.82) is 5.26 Å². The Labute approximate surface area is 146 Å². The quantitative estimate of drug-likeness (QED) is 0.811. The van der Waals surface area contributed by atoms with E-state index in [9.17, 15) is 9.59 Å². The number of carbonyl (C=O) groups is 2. The van der Waals surface area contributed by atoms with Crippen LogP contribution >= 0.6 is 0 Å². The number of benzene rings is 2. The van der Waals surface area contributed by atoms with Crippen molar-refractivity contribution >= 4 is 17.5 Å². The van der Waals surface area contributed by atoms with Gasteiger partial charge in [-0.15, -0.1) is 0 Å². The Morgan fingerprint density at radius 1 is 1.04 bits per heavy atom. The Bertz CT molecular complexity index is 752. The molecule has 0 heterocycles. The third-order valence-electron chi connectivity index (χ3n) is 3.44. The minimum Gasteiger partial charge on any atom is -0.362 e. The summed E-state index contributed by atoms with van der Waals surface area (Å²) in [5.41, 5.74) is 2.07. The Hall–Kier alpha value is -3.17. The SMILES string of the molecule is C[C@H](NC(=O)COCC(=O)Nc1ccc(C#N)cc1)c1ccccc1. The van der Waals surface area contributed by atoms with E-state index in [0.29, 0.717) is 11.3 Å². The van der Waals surface area contributed by atoms with Crippen LogP contribution < -0.4 is 10.6 Å². The molecule has 2 aromatic carbocycles. The van der Waals surface area contributed by atoms with Crippen LogP contribution in [0.4, 0.5) is 5.69 Å². The predicted molar refractivity (Wildman–Crippen MR) is 93.6 cm³/mol. The largest absolute Gasteiger partial charge is 0.362 e. The number of rotatable bonds is 7. The second kappa shape index (κ2) is 9.21. The van der Waals surface area contributed by atoms with Crippen LogP contribution in [0.2, 0.25) is 0 Å². The maximum absolute atomic E-state index is 11.8. The lowest BCUT2D eigenvalue weighted by Gasteiger charge is -2.14. The molecule has 1 atom stereocenters. The van der Waals surface area contributed by atoms with Crippen molar-refractivity contribution in [2.24, 2.45) is 0 Å². The summed E-state index contributed by atoms with van der Waals surface area (Å²) in [5.74, 6) is -0.656. The van der Waals surface area contributed by atoms with Gasteiger partial charge in [0.2, 0.25) is 11.8 Å². The monoisotopic (exact) mass is 337 g/mol. The minimum absolute atomic E-state index is 0.134. The van der Waals surface area contributed by atoms with E-state index in [2.05, 4.69) is 10.6 Å². The van der Waals surface area contributed by atoms with E-state index in [4.69, 9.17) is 10.00 Å². The number of nitrogens with zero attached hydrogens (tertiary/aromatic N) is 1. The van der Waals surface area contributed by atoms with Crippen LogP contribution in [0.25, 0.3) is 0 Å². The average Bonchev–Trinajstić information content (AvgIpc) is 2.63. The van der Waals surface area contributed by atoms with Gasteiger partial charge in [-0.2, -0.15) is 5.26 Å². The van der Waals surface area contributed by atoms with Crippen molar-refractivity contribution in [3.63, 3.8) is 0 Å². The van der Waals surface area contributed by atoms with Crippen LogP contribution in [0.1, 0.15) is 24.1 Å². The molecule has 0 saturated heterocycles. The molecule has 0 radical (unpaired) electrons. The number of carbonyl (C=O) groups excluding carboxylic acids is 2. The maximum Gasteiger partial charge on any atom is 0.250 e. The topological polar surface area (TPSA) is 91.2 Å². The molecule has 0 bridgehead atoms. The number of nitriles is 1. The van der Waals surface area contributed by atoms with Crippen molar-refractivity contribution in [3.8, 4) is 6.07 Å². The molecule has 25 heavy (non-hydrogen) atoms. The lowest BCUT2D eigenvalue weighted by Crippen LogP contribution is -2.31. The maximum atomic E-state index is 11.8. The highest BCUT2D eigenvalue weighted by molar-refractivity contribution is 5.91. The van der Waals surface area contributed by atoms with Crippen LogP contribution in [0.3, 0.4) is 0 Å². The molecule has 2 aromatic rings. The molecule has 0 spiro atoms. The van der Waals surface area contributed by atoms with E-state index in [1.165, 1.54) is 0 Å². The van der Waals surface area contributed by atoms with Crippen LogP contribution in [0.5, 0.6) is 0 Å². The number of ether oxygens (including phenoxy) is 1. The molecule has 2 amide bonds. The van der Waals surface area contributed by atoms with Gasteiger partial charge in [0.05, 0.1) is 17.7 Å². The van der Waals surface area contributed by atoms with Gasteiger partial charge in [-0.1, -0.05) is 30.3 Å². The van der Waals surface area contributed by atoms with Gasteiger partial charge in [0, 0.05) is 5.69 Å². The predicted octanol–water partition coefficient (Wildman–Crippen LogP) is 2.39. The first-order valence-electron chi connectivity index (χ1n) is 7.80. The van der Waals surface area contributed by atoms with Gasteiger partial charge in [0.25, 0.3) is 0 Å². The van der Waals surface area contributed by atoms with E-state index >= 15 is 0 Å². The molecule has 0 aliphatic rings. The molecule has 6 nitrogen and oxygen atoms in total. The summed E-state index contributed by atoms with van der Waals surface area (Å²) >= 11 is 0. The molecule has 2 rings (SSSR count). The summed E-state index contributed by atoms with van der Waals surface area (Å²) in [5, 5.41) is 14.2. The van der Waals surface area contributed by atoms with Crippen molar-refractivity contribution < 1.29 is 14.3 Å². The van der Waals surface area contributed by atoms with Gasteiger partial charge in [0.15, 0.2) is 0 Å². The molecule has 0 aliphatic carbocycles. The first-order valence-corrected chi connectivity index (χ1v) is 7.80. The van der Waals surface area contributed by atoms with Gasteiger partial charge in [-0.05, 0) is 36.8 Å². The highest BCUT2D eigenvalue weighted by atomic mass is 16.5. The van der Waals surface area contributed by atoms with Gasteiger partial charge < -0.3 is 15.4 Å². The van der Waals surface area contributed by atoms with Gasteiger partial charge >= 0.3 is 0 Å². The summed E-state index contributed by atoms with van der Waals surface area (Å²) in [6.45, 7) is 1.45. The third-order valence-corrected chi connectivity index (χ3v) is 3.44. The first kappa shape index (κ1) is 18.2. The van der Waals surface area contributed by atoms with Crippen molar-refractivity contribution in [1.82, 2.24) is 5.32 Å². The molecule has 0 aliphatic heterocycles. The van der Waals surface area contributed by atoms with Gasteiger partial charge in [-0.25, -0.2) is 0 Å². The second-order valence-electron chi connectivity index (χ2n) is 5.43. The zero-order chi connectivity index (χ0) is 18.1. The summed E-state index contributed by atoms with van der Waals surface area (Å²) < 4.78 is 5.13. The summed E-state index contributed by atoms with van der Waals surface area (Å²) in [6, 6.07) is 17.9. The third kappa shape index (κ3) is 6.09. The lowest BCUT2D eigenvalue weighted by molar-refractivity contribution is -0.129. The van der Waals surface area contributed by atoms with Crippen LogP contribution in [-0.2, 0) is 14.3 Å². The van der Waals surface area contributed by atoms with E-state index < -0.39 is 0 Å². The number of hydrogen-bond acceptors (Lipinski definition) is 4. The number of amides is 2. The molecule has 0 unspecified atom stereocenters. The van der Waals surface area contributed by atoms with Crippen LogP contribution in [0, 0.1) is 11.3 Å². The summed E-state index contributed by atoms with van der Waals surface area (Å²) in [6.07, 6.45) is 0. The zero-order valence-electron chi connectivity index (χ0n) is 13.9. The van der Waals surface area contributed by atoms with Gasteiger partial charge in [-0.3, -0.25) is 9.59 Å². The normalized spacial score (nSPS) is 11.2. The summed E-state index contributed by atoms with van der Waals surface area (Å²) in [4.78, 5) is 23.6. The molecule has 0 saturated carbocycles. The van der Waals surface area contributed by atoms with Crippen molar-refractivity contribution in [2.75, 3.05) is 18.5 Å². The summed E-state index contributed by atoms with van der Waals surface area (Å²) in [7, 11) is 0. The van der Waals surface area contributed by atoms with Gasteiger partial charge in [0.1, 0.15) is 13.2 Å². The Morgan fingerprint density at radius 2 is 1.68 bits per heavy atom. The van der Waals surface area contributed by atoms with E-state index in [-0.39, 0.29) is 31.1 Å². The number of nitrogens with one attached hydrogen (secondary N) is 2. The smallest absolute Gasteiger partial charge is 0.250 e. The highest BCUT2D eigenvalue weighted by Gasteiger charge is 2.10. The van der Waals surface area contributed by atoms with Crippen molar-refractivity contribution in [2.45, 2.75) is 13.0 Å². The Balaban J connectivity index is 1.69. The van der Waals surface area contributed by atoms with E-state index in [1.807, 2.05) is 43.3 Å². The van der Waals surface area contributed by atoms with E-state index in [1.54, 1.807) is 24.3 Å². The Morgan fingerprint density at radius 3 is 2.32 bits per heavy atom. The Kier molecular flexibility index (Phi) is 6.69. The average molecular weight is 337 g/mol. The second-order valence-corrected chi connectivity index (χ2v) is 5.43. The fourth-order valence-electron chi connectivity index (χ4n) is 2.17. The van der Waals surface area contributed by atoms with Crippen LogP contribution in [0.15, 0.2) is 54.6 Å². The first-order chi connectivity index (χ1) is 12.1. The fourth-order valence-corrected chi connectivity index (χ4v) is 2.17. The number of hydrogen-bond donors (Lipinski definition) is 2. The number of anilines is 1. The van der Waals surface area contributed by atoms with Crippen molar-refractivity contribution in [3.05, 3.63) is 65.7 Å². The fraction of sp³-hybridized carbons (Fsp3) is 0.211. The molecule has 0 fully saturated rings. The van der Waals surface area contributed by atoms with E-state index in [0.717, 1.165) is 5.56 Å².